The molecule has 0 amide bonds. The van der Waals surface area contributed by atoms with Gasteiger partial charge in [0.25, 0.3) is 0 Å². The van der Waals surface area contributed by atoms with Gasteiger partial charge in [-0.15, -0.1) is 0 Å². The van der Waals surface area contributed by atoms with E-state index in [4.69, 9.17) is 20.3 Å². The zero-order valence-corrected chi connectivity index (χ0v) is 21.5. The molecule has 5 heteroatoms. The predicted octanol–water partition coefficient (Wildman–Crippen LogP) is 6.69. The third-order valence-corrected chi connectivity index (χ3v) is 6.06. The van der Waals surface area contributed by atoms with Crippen molar-refractivity contribution in [2.75, 3.05) is 19.8 Å². The van der Waals surface area contributed by atoms with E-state index in [1.165, 1.54) is 83.5 Å². The second kappa shape index (κ2) is 25.0. The van der Waals surface area contributed by atoms with Crippen molar-refractivity contribution in [3.8, 4) is 0 Å². The van der Waals surface area contributed by atoms with Gasteiger partial charge in [0.2, 0.25) is 0 Å². The van der Waals surface area contributed by atoms with Crippen LogP contribution in [0.4, 0.5) is 0 Å². The fourth-order valence-corrected chi connectivity index (χ4v) is 3.92. The molecule has 0 aliphatic rings. The van der Waals surface area contributed by atoms with Crippen molar-refractivity contribution in [2.45, 2.75) is 148 Å². The Kier molecular flexibility index (Phi) is 24.5. The molecule has 0 aliphatic carbocycles. The van der Waals surface area contributed by atoms with Crippen molar-refractivity contribution < 1.29 is 19.4 Å². The Morgan fingerprint density at radius 1 is 0.750 bits per heavy atom. The van der Waals surface area contributed by atoms with E-state index in [9.17, 15) is 4.79 Å². The molecular formula is C27H55NO4. The fourth-order valence-electron chi connectivity index (χ4n) is 3.92. The van der Waals surface area contributed by atoms with E-state index < -0.39 is 0 Å². The summed E-state index contributed by atoms with van der Waals surface area (Å²) in [7, 11) is 0. The summed E-state index contributed by atoms with van der Waals surface area (Å²) in [6.07, 6.45) is 22.2. The number of carbonyl (C=O) groups is 1. The van der Waals surface area contributed by atoms with E-state index in [2.05, 4.69) is 13.8 Å². The Balaban J connectivity index is 3.90. The minimum atomic E-state index is -0.342. The zero-order chi connectivity index (χ0) is 23.7. The molecule has 0 aromatic carbocycles. The van der Waals surface area contributed by atoms with Crippen LogP contribution < -0.4 is 5.73 Å². The second-order valence-electron chi connectivity index (χ2n) is 9.41. The molecule has 0 saturated carbocycles. The quantitative estimate of drug-likeness (QED) is 0.118. The molecule has 0 aliphatic heterocycles. The highest BCUT2D eigenvalue weighted by Crippen LogP contribution is 2.15. The van der Waals surface area contributed by atoms with Crippen LogP contribution in [-0.4, -0.2) is 43.0 Å². The maximum atomic E-state index is 12.3. The van der Waals surface area contributed by atoms with E-state index in [0.717, 1.165) is 25.7 Å². The van der Waals surface area contributed by atoms with Gasteiger partial charge in [0.15, 0.2) is 0 Å². The number of rotatable bonds is 25. The van der Waals surface area contributed by atoms with Crippen molar-refractivity contribution in [1.82, 2.24) is 0 Å². The lowest BCUT2D eigenvalue weighted by molar-refractivity contribution is -0.150. The van der Waals surface area contributed by atoms with Crippen molar-refractivity contribution in [3.63, 3.8) is 0 Å². The van der Waals surface area contributed by atoms with Crippen LogP contribution in [0.2, 0.25) is 0 Å². The SMILES string of the molecule is CCCCCCCCCCCCCC(=O)O[C@H](CCCCCCC)CCOC[C@@H](N)CO. The van der Waals surface area contributed by atoms with Gasteiger partial charge in [-0.3, -0.25) is 4.79 Å². The summed E-state index contributed by atoms with van der Waals surface area (Å²) in [4.78, 5) is 12.3. The first-order valence-corrected chi connectivity index (χ1v) is 13.8. The smallest absolute Gasteiger partial charge is 0.306 e. The van der Waals surface area contributed by atoms with Crippen LogP contribution in [0.3, 0.4) is 0 Å². The summed E-state index contributed by atoms with van der Waals surface area (Å²) >= 11 is 0. The maximum Gasteiger partial charge on any atom is 0.306 e. The molecule has 32 heavy (non-hydrogen) atoms. The predicted molar refractivity (Wildman–Crippen MR) is 135 cm³/mol. The number of hydrogen-bond donors (Lipinski definition) is 2. The summed E-state index contributed by atoms with van der Waals surface area (Å²) < 4.78 is 11.3. The topological polar surface area (TPSA) is 81.8 Å². The van der Waals surface area contributed by atoms with E-state index in [-0.39, 0.29) is 24.7 Å². The molecule has 0 aromatic rings. The lowest BCUT2D eigenvalue weighted by atomic mass is 10.0. The van der Waals surface area contributed by atoms with Gasteiger partial charge in [0, 0.05) is 12.8 Å². The number of unbranched alkanes of at least 4 members (excludes halogenated alkanes) is 14. The minimum absolute atomic E-state index is 0.0634. The zero-order valence-electron chi connectivity index (χ0n) is 21.5. The van der Waals surface area contributed by atoms with Gasteiger partial charge in [-0.25, -0.2) is 0 Å². The summed E-state index contributed by atoms with van der Waals surface area (Å²) in [6, 6.07) is -0.342. The number of carbonyl (C=O) groups excluding carboxylic acids is 1. The highest BCUT2D eigenvalue weighted by Gasteiger charge is 2.14. The molecule has 0 heterocycles. The average Bonchev–Trinajstić information content (AvgIpc) is 2.79. The number of esters is 1. The van der Waals surface area contributed by atoms with Crippen LogP contribution in [0, 0.1) is 0 Å². The lowest BCUT2D eigenvalue weighted by Crippen LogP contribution is -2.30. The Hall–Kier alpha value is -0.650. The molecular weight excluding hydrogens is 402 g/mol. The largest absolute Gasteiger partial charge is 0.462 e. The first kappa shape index (κ1) is 31.4. The number of nitrogens with two attached hydrogens (primary N) is 1. The third-order valence-electron chi connectivity index (χ3n) is 6.06. The molecule has 192 valence electrons. The first-order chi connectivity index (χ1) is 15.6. The second-order valence-corrected chi connectivity index (χ2v) is 9.41. The van der Waals surface area contributed by atoms with E-state index >= 15 is 0 Å². The Morgan fingerprint density at radius 3 is 1.78 bits per heavy atom. The van der Waals surface area contributed by atoms with Crippen molar-refractivity contribution >= 4 is 5.97 Å². The van der Waals surface area contributed by atoms with Crippen molar-refractivity contribution in [1.29, 1.82) is 0 Å². The van der Waals surface area contributed by atoms with Crippen LogP contribution in [0.5, 0.6) is 0 Å². The van der Waals surface area contributed by atoms with Crippen molar-refractivity contribution in [2.24, 2.45) is 5.73 Å². The molecule has 5 nitrogen and oxygen atoms in total. The molecule has 0 aromatic heterocycles. The molecule has 2 atom stereocenters. The highest BCUT2D eigenvalue weighted by molar-refractivity contribution is 5.69. The van der Waals surface area contributed by atoms with E-state index in [0.29, 0.717) is 26.1 Å². The van der Waals surface area contributed by atoms with Crippen LogP contribution in [0.1, 0.15) is 136 Å². The summed E-state index contributed by atoms with van der Waals surface area (Å²) in [5.41, 5.74) is 5.67. The van der Waals surface area contributed by atoms with Gasteiger partial charge < -0.3 is 20.3 Å². The molecule has 3 N–H and O–H groups in total. The fraction of sp³-hybridized carbons (Fsp3) is 0.963. The average molecular weight is 458 g/mol. The number of aliphatic hydroxyl groups is 1. The molecule has 0 unspecified atom stereocenters. The van der Waals surface area contributed by atoms with Gasteiger partial charge in [-0.05, 0) is 19.3 Å². The molecule has 0 bridgehead atoms. The number of aliphatic hydroxyl groups excluding tert-OH is 1. The molecule has 0 fully saturated rings. The van der Waals surface area contributed by atoms with E-state index in [1.54, 1.807) is 0 Å². The van der Waals surface area contributed by atoms with Crippen molar-refractivity contribution in [3.05, 3.63) is 0 Å². The van der Waals surface area contributed by atoms with Gasteiger partial charge in [-0.2, -0.15) is 0 Å². The number of hydrogen-bond acceptors (Lipinski definition) is 5. The Bertz CT molecular complexity index is 392. The summed E-state index contributed by atoms with van der Waals surface area (Å²) in [5, 5.41) is 8.98. The van der Waals surface area contributed by atoms with Crippen LogP contribution in [0.15, 0.2) is 0 Å². The van der Waals surface area contributed by atoms with Gasteiger partial charge >= 0.3 is 5.97 Å². The summed E-state index contributed by atoms with van der Waals surface area (Å²) in [5.74, 6) is -0.0634. The summed E-state index contributed by atoms with van der Waals surface area (Å²) in [6.45, 7) is 5.25. The maximum absolute atomic E-state index is 12.3. The minimum Gasteiger partial charge on any atom is -0.462 e. The first-order valence-electron chi connectivity index (χ1n) is 13.8. The Labute approximate surface area is 199 Å². The van der Waals surface area contributed by atoms with Crippen LogP contribution in [-0.2, 0) is 14.3 Å². The third kappa shape index (κ3) is 22.5. The van der Waals surface area contributed by atoms with E-state index in [1.807, 2.05) is 0 Å². The molecule has 0 rings (SSSR count). The Morgan fingerprint density at radius 2 is 1.25 bits per heavy atom. The van der Waals surface area contributed by atoms with Crippen LogP contribution >= 0.6 is 0 Å². The molecule has 0 saturated heterocycles. The highest BCUT2D eigenvalue weighted by atomic mass is 16.5. The standard InChI is InChI=1S/C27H55NO4/c1-3-5-7-9-10-11-12-13-14-16-18-20-27(30)32-26(19-17-15-8-6-4-2)21-22-31-24-25(28)23-29/h25-26,29H,3-24,28H2,1-2H3/t25-,26+/m0/s1. The van der Waals surface area contributed by atoms with Gasteiger partial charge in [-0.1, -0.05) is 104 Å². The monoisotopic (exact) mass is 457 g/mol. The van der Waals surface area contributed by atoms with Crippen LogP contribution in [0.25, 0.3) is 0 Å². The molecule has 0 radical (unpaired) electrons. The number of ether oxygens (including phenoxy) is 2. The molecule has 0 spiro atoms. The normalized spacial score (nSPS) is 13.2. The van der Waals surface area contributed by atoms with Gasteiger partial charge in [0.05, 0.1) is 25.9 Å². The lowest BCUT2D eigenvalue weighted by Gasteiger charge is -2.19. The van der Waals surface area contributed by atoms with Gasteiger partial charge in [0.1, 0.15) is 6.10 Å².